The van der Waals surface area contributed by atoms with E-state index in [1.54, 1.807) is 11.8 Å². The van der Waals surface area contributed by atoms with Gasteiger partial charge >= 0.3 is 0 Å². The Morgan fingerprint density at radius 2 is 2.00 bits per heavy atom. The van der Waals surface area contributed by atoms with Gasteiger partial charge in [0.2, 0.25) is 0 Å². The van der Waals surface area contributed by atoms with E-state index in [0.717, 1.165) is 49.3 Å². The Hall–Kier alpha value is -0.650. The van der Waals surface area contributed by atoms with Gasteiger partial charge in [-0.2, -0.15) is 0 Å². The zero-order valence-electron chi connectivity index (χ0n) is 12.4. The lowest BCUT2D eigenvalue weighted by molar-refractivity contribution is 0.145. The fraction of sp³-hybridized carbons (Fsp3) is 0.714. The number of aryl methyl sites for hydroxylation is 2. The second-order valence-corrected chi connectivity index (χ2v) is 6.02. The lowest BCUT2D eigenvalue weighted by Gasteiger charge is -2.12. The van der Waals surface area contributed by atoms with Gasteiger partial charge in [0, 0.05) is 36.4 Å². The average molecular weight is 283 g/mol. The van der Waals surface area contributed by atoms with Crippen LogP contribution in [0.2, 0.25) is 0 Å². The van der Waals surface area contributed by atoms with Crippen LogP contribution in [0, 0.1) is 13.8 Å². The molecule has 19 heavy (non-hydrogen) atoms. The van der Waals surface area contributed by atoms with E-state index in [1.807, 2.05) is 26.8 Å². The zero-order chi connectivity index (χ0) is 14.1. The second kappa shape index (κ2) is 9.28. The summed E-state index contributed by atoms with van der Waals surface area (Å²) in [6.07, 6.45) is 1.06. The first-order valence-electron chi connectivity index (χ1n) is 6.89. The van der Waals surface area contributed by atoms with Crippen molar-refractivity contribution < 1.29 is 4.74 Å². The highest BCUT2D eigenvalue weighted by molar-refractivity contribution is 7.99. The molecule has 0 amide bonds. The fourth-order valence-electron chi connectivity index (χ4n) is 1.72. The van der Waals surface area contributed by atoms with Crippen LogP contribution in [0.25, 0.3) is 0 Å². The van der Waals surface area contributed by atoms with Crippen molar-refractivity contribution in [3.8, 4) is 0 Å². The molecule has 108 valence electrons. The number of rotatable bonds is 9. The monoisotopic (exact) mass is 283 g/mol. The summed E-state index contributed by atoms with van der Waals surface area (Å²) in [6, 6.07) is 2.00. The molecule has 0 spiro atoms. The Labute approximate surface area is 120 Å². The van der Waals surface area contributed by atoms with Gasteiger partial charge in [0.15, 0.2) is 5.16 Å². The van der Waals surface area contributed by atoms with Gasteiger partial charge in [-0.3, -0.25) is 0 Å². The molecule has 0 fully saturated rings. The Morgan fingerprint density at radius 3 is 2.63 bits per heavy atom. The first kappa shape index (κ1) is 16.4. The topological polar surface area (TPSA) is 47.0 Å². The second-order valence-electron chi connectivity index (χ2n) is 4.62. The van der Waals surface area contributed by atoms with E-state index < -0.39 is 0 Å². The van der Waals surface area contributed by atoms with E-state index in [9.17, 15) is 0 Å². The first-order valence-corrected chi connectivity index (χ1v) is 7.77. The minimum atomic E-state index is 0.466. The van der Waals surface area contributed by atoms with Crippen LogP contribution >= 0.6 is 11.8 Å². The quantitative estimate of drug-likeness (QED) is 0.429. The Bertz CT molecular complexity index is 353. The van der Waals surface area contributed by atoms with Crippen molar-refractivity contribution in [2.24, 2.45) is 0 Å². The predicted octanol–water partition coefficient (Wildman–Crippen LogP) is 2.59. The molecule has 1 aromatic rings. The number of nitrogens with one attached hydrogen (secondary N) is 1. The van der Waals surface area contributed by atoms with Gasteiger partial charge in [-0.05, 0) is 39.8 Å². The molecule has 0 radical (unpaired) electrons. The van der Waals surface area contributed by atoms with E-state index in [4.69, 9.17) is 4.74 Å². The summed E-state index contributed by atoms with van der Waals surface area (Å²) < 4.78 is 5.30. The molecule has 1 rings (SSSR count). The normalized spacial score (nSPS) is 12.6. The number of nitrogens with zero attached hydrogens (tertiary/aromatic N) is 2. The molecule has 1 heterocycles. The zero-order valence-corrected chi connectivity index (χ0v) is 13.2. The molecule has 0 aliphatic carbocycles. The summed E-state index contributed by atoms with van der Waals surface area (Å²) >= 11 is 1.72. The van der Waals surface area contributed by atoms with E-state index in [2.05, 4.69) is 22.2 Å². The lowest BCUT2D eigenvalue weighted by Crippen LogP contribution is -2.24. The maximum Gasteiger partial charge on any atom is 0.188 e. The maximum atomic E-state index is 5.30. The predicted molar refractivity (Wildman–Crippen MR) is 80.8 cm³/mol. The fourth-order valence-corrected chi connectivity index (χ4v) is 2.67. The van der Waals surface area contributed by atoms with Gasteiger partial charge in [-0.15, -0.1) is 0 Å². The number of hydrogen-bond donors (Lipinski definition) is 1. The highest BCUT2D eigenvalue weighted by atomic mass is 32.2. The molecular formula is C14H25N3OS. The van der Waals surface area contributed by atoms with E-state index in [1.165, 1.54) is 0 Å². The van der Waals surface area contributed by atoms with Crippen LogP contribution in [0.4, 0.5) is 0 Å². The minimum absolute atomic E-state index is 0.466. The summed E-state index contributed by atoms with van der Waals surface area (Å²) in [6.45, 7) is 11.8. The summed E-state index contributed by atoms with van der Waals surface area (Å²) in [4.78, 5) is 8.89. The number of hydrogen-bond acceptors (Lipinski definition) is 5. The van der Waals surface area contributed by atoms with Crippen LogP contribution < -0.4 is 5.32 Å². The van der Waals surface area contributed by atoms with Crippen molar-refractivity contribution in [1.82, 2.24) is 15.3 Å². The highest BCUT2D eigenvalue weighted by Gasteiger charge is 2.07. The van der Waals surface area contributed by atoms with Crippen LogP contribution in [0.15, 0.2) is 11.2 Å². The maximum absolute atomic E-state index is 5.30. The smallest absolute Gasteiger partial charge is 0.188 e. The van der Waals surface area contributed by atoms with Gasteiger partial charge in [0.1, 0.15) is 0 Å². The van der Waals surface area contributed by atoms with Crippen LogP contribution in [0.1, 0.15) is 31.7 Å². The number of thioether (sulfide) groups is 1. The number of ether oxygens (including phenoxy) is 1. The average Bonchev–Trinajstić information content (AvgIpc) is 2.32. The van der Waals surface area contributed by atoms with E-state index in [0.29, 0.717) is 5.25 Å². The Balaban J connectivity index is 2.21. The van der Waals surface area contributed by atoms with Crippen LogP contribution in [0.3, 0.4) is 0 Å². The van der Waals surface area contributed by atoms with Crippen molar-refractivity contribution in [2.45, 2.75) is 44.5 Å². The summed E-state index contributed by atoms with van der Waals surface area (Å²) in [5.41, 5.74) is 2.07. The lowest BCUT2D eigenvalue weighted by atomic mass is 10.4. The summed E-state index contributed by atoms with van der Waals surface area (Å²) in [7, 11) is 0. The third-order valence-electron chi connectivity index (χ3n) is 2.55. The van der Waals surface area contributed by atoms with Crippen LogP contribution in [0.5, 0.6) is 0 Å². The summed E-state index contributed by atoms with van der Waals surface area (Å²) in [5.74, 6) is 0. The molecule has 0 aliphatic rings. The molecule has 0 saturated heterocycles. The largest absolute Gasteiger partial charge is 0.382 e. The van der Waals surface area contributed by atoms with Crippen LogP contribution in [-0.4, -0.2) is 41.5 Å². The molecule has 0 aromatic carbocycles. The van der Waals surface area contributed by atoms with Crippen molar-refractivity contribution in [2.75, 3.05) is 26.3 Å². The molecule has 0 aliphatic heterocycles. The Kier molecular flexibility index (Phi) is 8.02. The van der Waals surface area contributed by atoms with Crippen molar-refractivity contribution in [3.05, 3.63) is 17.5 Å². The molecule has 0 bridgehead atoms. The molecule has 5 heteroatoms. The van der Waals surface area contributed by atoms with Crippen LogP contribution in [-0.2, 0) is 4.74 Å². The van der Waals surface area contributed by atoms with E-state index >= 15 is 0 Å². The standard InChI is InChI=1S/C14H25N3OS/c1-5-18-8-6-7-15-10-13(4)19-14-16-11(2)9-12(3)17-14/h9,13,15H,5-8,10H2,1-4H3. The molecule has 1 atom stereocenters. The van der Waals surface area contributed by atoms with Gasteiger partial charge in [0.25, 0.3) is 0 Å². The molecule has 0 saturated carbocycles. The SMILES string of the molecule is CCOCCCNCC(C)Sc1nc(C)cc(C)n1. The van der Waals surface area contributed by atoms with Crippen molar-refractivity contribution in [3.63, 3.8) is 0 Å². The van der Waals surface area contributed by atoms with Gasteiger partial charge in [-0.1, -0.05) is 18.7 Å². The van der Waals surface area contributed by atoms with Crippen molar-refractivity contribution in [1.29, 1.82) is 0 Å². The summed E-state index contributed by atoms with van der Waals surface area (Å²) in [5, 5.41) is 4.78. The first-order chi connectivity index (χ1) is 9.11. The van der Waals surface area contributed by atoms with E-state index in [-0.39, 0.29) is 0 Å². The van der Waals surface area contributed by atoms with Crippen molar-refractivity contribution >= 4 is 11.8 Å². The number of aromatic nitrogens is 2. The molecule has 4 nitrogen and oxygen atoms in total. The third-order valence-corrected chi connectivity index (χ3v) is 3.51. The van der Waals surface area contributed by atoms with Gasteiger partial charge in [0.05, 0.1) is 0 Å². The van der Waals surface area contributed by atoms with Gasteiger partial charge in [-0.25, -0.2) is 9.97 Å². The molecule has 1 unspecified atom stereocenters. The van der Waals surface area contributed by atoms with Gasteiger partial charge < -0.3 is 10.1 Å². The highest BCUT2D eigenvalue weighted by Crippen LogP contribution is 2.19. The molecule has 1 aromatic heterocycles. The molecular weight excluding hydrogens is 258 g/mol. The molecule has 1 N–H and O–H groups in total. The minimum Gasteiger partial charge on any atom is -0.382 e. The third kappa shape index (κ3) is 7.50. The Morgan fingerprint density at radius 1 is 1.32 bits per heavy atom.